The van der Waals surface area contributed by atoms with Crippen LogP contribution in [0.1, 0.15) is 36.1 Å². The van der Waals surface area contributed by atoms with E-state index >= 15 is 0 Å². The summed E-state index contributed by atoms with van der Waals surface area (Å²) in [5.41, 5.74) is 3.38. The molecule has 0 aliphatic rings. The van der Waals surface area contributed by atoms with Gasteiger partial charge >= 0.3 is 0 Å². The Kier molecular flexibility index (Phi) is 11.0. The number of hydrogen-bond acceptors (Lipinski definition) is 3. The first-order valence-corrected chi connectivity index (χ1v) is 14.0. The highest BCUT2D eigenvalue weighted by atomic mass is 35.5. The molecule has 0 fully saturated rings. The number of nitrogens with one attached hydrogen (secondary N) is 1. The maximum atomic E-state index is 14.2. The Morgan fingerprint density at radius 3 is 2.38 bits per heavy atom. The summed E-state index contributed by atoms with van der Waals surface area (Å²) in [5.74, 6) is -0.109. The zero-order valence-corrected chi connectivity index (χ0v) is 23.1. The van der Waals surface area contributed by atoms with Gasteiger partial charge < -0.3 is 10.2 Å². The number of halogens is 2. The van der Waals surface area contributed by atoms with E-state index < -0.39 is 6.04 Å². The van der Waals surface area contributed by atoms with Gasteiger partial charge in [-0.05, 0) is 41.7 Å². The maximum Gasteiger partial charge on any atom is 0.243 e. The van der Waals surface area contributed by atoms with Gasteiger partial charge in [0.1, 0.15) is 11.9 Å². The molecule has 0 heterocycles. The molecule has 0 aliphatic heterocycles. The molecule has 0 unspecified atom stereocenters. The van der Waals surface area contributed by atoms with E-state index in [9.17, 15) is 14.0 Å². The van der Waals surface area contributed by atoms with Crippen molar-refractivity contribution in [3.63, 3.8) is 0 Å². The van der Waals surface area contributed by atoms with Crippen molar-refractivity contribution in [2.24, 2.45) is 5.92 Å². The monoisotopic (exact) mass is 540 g/mol. The summed E-state index contributed by atoms with van der Waals surface area (Å²) < 4.78 is 14.2. The number of benzene rings is 3. The van der Waals surface area contributed by atoms with Gasteiger partial charge in [0.05, 0.1) is 5.75 Å². The molecule has 2 amide bonds. The van der Waals surface area contributed by atoms with Gasteiger partial charge in [-0.1, -0.05) is 86.1 Å². The number of aryl methyl sites for hydroxylation is 1. The molecular weight excluding hydrogens is 507 g/mol. The molecule has 0 bridgehead atoms. The highest BCUT2D eigenvalue weighted by Crippen LogP contribution is 2.25. The molecule has 0 aromatic heterocycles. The van der Waals surface area contributed by atoms with Gasteiger partial charge in [0.2, 0.25) is 11.8 Å². The van der Waals surface area contributed by atoms with Crippen LogP contribution in [0.3, 0.4) is 0 Å². The van der Waals surface area contributed by atoms with Crippen LogP contribution < -0.4 is 5.32 Å². The lowest BCUT2D eigenvalue weighted by Crippen LogP contribution is -2.51. The van der Waals surface area contributed by atoms with Crippen molar-refractivity contribution in [1.82, 2.24) is 10.2 Å². The molecular formula is C30H34ClFN2O2S. The molecule has 0 saturated carbocycles. The van der Waals surface area contributed by atoms with Crippen molar-refractivity contribution in [1.29, 1.82) is 0 Å². The van der Waals surface area contributed by atoms with Crippen LogP contribution in [0.4, 0.5) is 4.39 Å². The standard InChI is InChI=1S/C30H34ClFN2O2S/c1-21(2)17-33-30(36)28(16-23-11-5-4-6-12-23)34(18-24-13-8-7-10-22(24)3)29(35)20-37-19-25-26(31)14-9-15-27(25)32/h4-15,21,28H,16-20H2,1-3H3,(H,33,36)/t28-/m0/s1. The zero-order chi connectivity index (χ0) is 26.8. The topological polar surface area (TPSA) is 49.4 Å². The van der Waals surface area contributed by atoms with Crippen molar-refractivity contribution in [2.75, 3.05) is 12.3 Å². The van der Waals surface area contributed by atoms with Gasteiger partial charge in [-0.3, -0.25) is 9.59 Å². The molecule has 1 atom stereocenters. The van der Waals surface area contributed by atoms with Crippen LogP contribution in [-0.4, -0.2) is 35.1 Å². The number of rotatable bonds is 12. The minimum Gasteiger partial charge on any atom is -0.354 e. The fourth-order valence-electron chi connectivity index (χ4n) is 3.94. The second-order valence-electron chi connectivity index (χ2n) is 9.49. The average Bonchev–Trinajstić information content (AvgIpc) is 2.88. The van der Waals surface area contributed by atoms with Gasteiger partial charge in [0.25, 0.3) is 0 Å². The summed E-state index contributed by atoms with van der Waals surface area (Å²) in [5, 5.41) is 3.37. The first-order chi connectivity index (χ1) is 17.8. The number of carbonyl (C=O) groups excluding carboxylic acids is 2. The van der Waals surface area contributed by atoms with E-state index in [2.05, 4.69) is 5.32 Å². The first kappa shape index (κ1) is 28.7. The van der Waals surface area contributed by atoms with Gasteiger partial charge in [0.15, 0.2) is 0 Å². The summed E-state index contributed by atoms with van der Waals surface area (Å²) in [4.78, 5) is 28.8. The Balaban J connectivity index is 1.87. The van der Waals surface area contributed by atoms with E-state index in [0.717, 1.165) is 16.7 Å². The van der Waals surface area contributed by atoms with Gasteiger partial charge in [-0.2, -0.15) is 0 Å². The third-order valence-electron chi connectivity index (χ3n) is 6.09. The molecule has 4 nitrogen and oxygen atoms in total. The van der Waals surface area contributed by atoms with E-state index in [-0.39, 0.29) is 35.1 Å². The second-order valence-corrected chi connectivity index (χ2v) is 10.9. The van der Waals surface area contributed by atoms with Gasteiger partial charge in [-0.15, -0.1) is 11.8 Å². The summed E-state index contributed by atoms with van der Waals surface area (Å²) in [6.45, 7) is 6.90. The number of hydrogen-bond donors (Lipinski definition) is 1. The van der Waals surface area contributed by atoms with Crippen molar-refractivity contribution >= 4 is 35.2 Å². The smallest absolute Gasteiger partial charge is 0.243 e. The molecule has 0 spiro atoms. The highest BCUT2D eigenvalue weighted by molar-refractivity contribution is 7.99. The van der Waals surface area contributed by atoms with Crippen molar-refractivity contribution < 1.29 is 14.0 Å². The van der Waals surface area contributed by atoms with Crippen LogP contribution in [0.2, 0.25) is 5.02 Å². The molecule has 196 valence electrons. The molecule has 1 N–H and O–H groups in total. The minimum atomic E-state index is -0.689. The van der Waals surface area contributed by atoms with Crippen LogP contribution in [0.15, 0.2) is 72.8 Å². The molecule has 0 saturated heterocycles. The van der Waals surface area contributed by atoms with Gasteiger partial charge in [0, 0.05) is 35.8 Å². The highest BCUT2D eigenvalue weighted by Gasteiger charge is 2.30. The number of thioether (sulfide) groups is 1. The SMILES string of the molecule is Cc1ccccc1CN(C(=O)CSCc1c(F)cccc1Cl)[C@@H](Cc1ccccc1)C(=O)NCC(C)C. The summed E-state index contributed by atoms with van der Waals surface area (Å²) >= 11 is 7.47. The van der Waals surface area contributed by atoms with E-state index in [1.165, 1.54) is 17.8 Å². The zero-order valence-electron chi connectivity index (χ0n) is 21.5. The third kappa shape index (κ3) is 8.61. The Bertz CT molecular complexity index is 1170. The minimum absolute atomic E-state index is 0.0965. The van der Waals surface area contributed by atoms with E-state index in [0.29, 0.717) is 30.1 Å². The van der Waals surface area contributed by atoms with Crippen LogP contribution in [0.5, 0.6) is 0 Å². The number of carbonyl (C=O) groups is 2. The predicted octanol–water partition coefficient (Wildman–Crippen LogP) is 6.43. The lowest BCUT2D eigenvalue weighted by molar-refractivity contribution is -0.139. The van der Waals surface area contributed by atoms with Gasteiger partial charge in [-0.25, -0.2) is 4.39 Å². The van der Waals surface area contributed by atoms with Crippen LogP contribution in [0.25, 0.3) is 0 Å². The van der Waals surface area contributed by atoms with Crippen LogP contribution >= 0.6 is 23.4 Å². The molecule has 0 aliphatic carbocycles. The third-order valence-corrected chi connectivity index (χ3v) is 7.39. The van der Waals surface area contributed by atoms with Crippen molar-refractivity contribution in [3.8, 4) is 0 Å². The molecule has 3 aromatic rings. The second kappa shape index (κ2) is 14.2. The number of amides is 2. The fraction of sp³-hybridized carbons (Fsp3) is 0.333. The molecule has 3 rings (SSSR count). The summed E-state index contributed by atoms with van der Waals surface area (Å²) in [6, 6.07) is 21.5. The van der Waals surface area contributed by atoms with E-state index in [1.807, 2.05) is 75.4 Å². The van der Waals surface area contributed by atoms with E-state index in [1.54, 1.807) is 17.0 Å². The Labute approximate surface area is 228 Å². The number of nitrogens with zero attached hydrogens (tertiary/aromatic N) is 1. The summed E-state index contributed by atoms with van der Waals surface area (Å²) in [7, 11) is 0. The quantitative estimate of drug-likeness (QED) is 0.288. The molecule has 3 aromatic carbocycles. The van der Waals surface area contributed by atoms with Crippen LogP contribution in [-0.2, 0) is 28.3 Å². The fourth-order valence-corrected chi connectivity index (χ4v) is 5.19. The maximum absolute atomic E-state index is 14.2. The van der Waals surface area contributed by atoms with Crippen molar-refractivity contribution in [3.05, 3.63) is 106 Å². The lowest BCUT2D eigenvalue weighted by Gasteiger charge is -2.32. The Morgan fingerprint density at radius 2 is 1.70 bits per heavy atom. The normalized spacial score (nSPS) is 11.8. The lowest BCUT2D eigenvalue weighted by atomic mass is 10.0. The molecule has 0 radical (unpaired) electrons. The Morgan fingerprint density at radius 1 is 1.00 bits per heavy atom. The van der Waals surface area contributed by atoms with Crippen molar-refractivity contribution in [2.45, 2.75) is 45.5 Å². The predicted molar refractivity (Wildman–Crippen MR) is 151 cm³/mol. The van der Waals surface area contributed by atoms with Crippen LogP contribution in [0, 0.1) is 18.7 Å². The molecule has 37 heavy (non-hydrogen) atoms. The Hall–Kier alpha value is -2.83. The average molecular weight is 541 g/mol. The molecule has 7 heteroatoms. The largest absolute Gasteiger partial charge is 0.354 e. The van der Waals surface area contributed by atoms with E-state index in [4.69, 9.17) is 11.6 Å². The summed E-state index contributed by atoms with van der Waals surface area (Å²) in [6.07, 6.45) is 0.395. The first-order valence-electron chi connectivity index (χ1n) is 12.4.